The molecule has 3 rings (SSSR count). The van der Waals surface area contributed by atoms with Gasteiger partial charge in [0.25, 0.3) is 5.56 Å². The molecule has 0 aliphatic carbocycles. The molecule has 0 spiro atoms. The first-order chi connectivity index (χ1) is 12.3. The van der Waals surface area contributed by atoms with E-state index in [1.165, 1.54) is 22.4 Å². The number of benzene rings is 2. The van der Waals surface area contributed by atoms with Gasteiger partial charge in [0.05, 0.1) is 22.0 Å². The first-order valence-electron chi connectivity index (χ1n) is 7.83. The Bertz CT molecular complexity index is 1060. The van der Waals surface area contributed by atoms with Crippen molar-refractivity contribution in [3.8, 4) is 0 Å². The number of fused-ring (bicyclic) bond motifs is 1. The number of pyridine rings is 1. The minimum Gasteiger partial charge on any atom is -0.324 e. The van der Waals surface area contributed by atoms with E-state index in [9.17, 15) is 9.59 Å². The minimum absolute atomic E-state index is 0.149. The lowest BCUT2D eigenvalue weighted by Crippen LogP contribution is -2.17. The number of rotatable bonds is 4. The third-order valence-electron chi connectivity index (χ3n) is 3.93. The fraction of sp³-hybridized carbons (Fsp3) is 0.158. The second-order valence-electron chi connectivity index (χ2n) is 5.89. The number of carbonyl (C=O) groups is 1. The van der Waals surface area contributed by atoms with Crippen LogP contribution in [-0.4, -0.2) is 16.2 Å². The normalized spacial score (nSPS) is 10.9. The van der Waals surface area contributed by atoms with E-state index in [2.05, 4.69) is 5.32 Å². The lowest BCUT2D eigenvalue weighted by Gasteiger charge is -2.11. The van der Waals surface area contributed by atoms with Crippen molar-refractivity contribution in [3.05, 3.63) is 68.4 Å². The quantitative estimate of drug-likeness (QED) is 0.627. The lowest BCUT2D eigenvalue weighted by molar-refractivity contribution is -0.113. The highest BCUT2D eigenvalue weighted by Crippen LogP contribution is 2.29. The number of aromatic nitrogens is 1. The van der Waals surface area contributed by atoms with Crippen molar-refractivity contribution in [2.24, 2.45) is 7.05 Å². The molecule has 1 heterocycles. The summed E-state index contributed by atoms with van der Waals surface area (Å²) in [6.07, 6.45) is 0. The molecule has 134 valence electrons. The summed E-state index contributed by atoms with van der Waals surface area (Å²) < 4.78 is 1.54. The maximum atomic E-state index is 12.3. The number of hydrogen-bond donors (Lipinski definition) is 1. The van der Waals surface area contributed by atoms with Crippen molar-refractivity contribution in [1.29, 1.82) is 0 Å². The zero-order valence-corrected chi connectivity index (χ0v) is 16.5. The zero-order valence-electron chi connectivity index (χ0n) is 14.2. The number of aryl methyl sites for hydroxylation is 2. The number of thioether (sulfide) groups is 1. The van der Waals surface area contributed by atoms with E-state index in [-0.39, 0.29) is 17.2 Å². The molecule has 1 aromatic heterocycles. The summed E-state index contributed by atoms with van der Waals surface area (Å²) in [4.78, 5) is 25.2. The van der Waals surface area contributed by atoms with Gasteiger partial charge in [0, 0.05) is 28.4 Å². The molecule has 0 unspecified atom stereocenters. The molecule has 7 heteroatoms. The van der Waals surface area contributed by atoms with E-state index in [1.54, 1.807) is 31.3 Å². The topological polar surface area (TPSA) is 51.1 Å². The number of amides is 1. The second kappa shape index (κ2) is 7.74. The molecule has 0 saturated carbocycles. The van der Waals surface area contributed by atoms with Gasteiger partial charge in [-0.1, -0.05) is 35.3 Å². The fourth-order valence-electron chi connectivity index (χ4n) is 2.57. The van der Waals surface area contributed by atoms with E-state index in [4.69, 9.17) is 23.2 Å². The molecule has 0 aliphatic heterocycles. The third-order valence-corrected chi connectivity index (χ3v) is 5.53. The van der Waals surface area contributed by atoms with Gasteiger partial charge in [-0.3, -0.25) is 9.59 Å². The van der Waals surface area contributed by atoms with E-state index in [0.717, 1.165) is 21.4 Å². The second-order valence-corrected chi connectivity index (χ2v) is 7.75. The van der Waals surface area contributed by atoms with E-state index < -0.39 is 0 Å². The Morgan fingerprint density at radius 2 is 1.92 bits per heavy atom. The molecule has 1 N–H and O–H groups in total. The standard InChI is InChI=1S/C19H16Cl2N2O2S/c1-11-3-6-15(14(21)7-11)22-18(24)10-26-17-9-19(25)23(2)16-8-12(20)4-5-13(16)17/h3-9H,10H2,1-2H3,(H,22,24). The van der Waals surface area contributed by atoms with Gasteiger partial charge < -0.3 is 9.88 Å². The average Bonchev–Trinajstić information content (AvgIpc) is 2.59. The molecule has 3 aromatic rings. The summed E-state index contributed by atoms with van der Waals surface area (Å²) in [6, 6.07) is 12.4. The molecule has 0 atom stereocenters. The number of nitrogens with one attached hydrogen (secondary N) is 1. The molecule has 0 fully saturated rings. The van der Waals surface area contributed by atoms with Gasteiger partial charge in [-0.05, 0) is 36.8 Å². The Morgan fingerprint density at radius 1 is 1.15 bits per heavy atom. The van der Waals surface area contributed by atoms with Gasteiger partial charge in [0.2, 0.25) is 5.91 Å². The predicted octanol–water partition coefficient (Wildman–Crippen LogP) is 4.88. The molecule has 0 aliphatic rings. The van der Waals surface area contributed by atoms with Crippen LogP contribution in [0, 0.1) is 6.92 Å². The summed E-state index contributed by atoms with van der Waals surface area (Å²) in [5, 5.41) is 4.73. The smallest absolute Gasteiger partial charge is 0.251 e. The Balaban J connectivity index is 1.80. The van der Waals surface area contributed by atoms with Gasteiger partial charge >= 0.3 is 0 Å². The average molecular weight is 407 g/mol. The van der Waals surface area contributed by atoms with Crippen LogP contribution >= 0.6 is 35.0 Å². The maximum absolute atomic E-state index is 12.3. The highest BCUT2D eigenvalue weighted by molar-refractivity contribution is 8.00. The van der Waals surface area contributed by atoms with Crippen LogP contribution < -0.4 is 10.9 Å². The van der Waals surface area contributed by atoms with Crippen molar-refractivity contribution in [3.63, 3.8) is 0 Å². The van der Waals surface area contributed by atoms with Crippen LogP contribution in [-0.2, 0) is 11.8 Å². The third kappa shape index (κ3) is 4.06. The molecule has 2 aromatic carbocycles. The number of anilines is 1. The highest BCUT2D eigenvalue weighted by atomic mass is 35.5. The Kier molecular flexibility index (Phi) is 5.61. The number of nitrogens with zero attached hydrogens (tertiary/aromatic N) is 1. The van der Waals surface area contributed by atoms with Crippen LogP contribution in [0.1, 0.15) is 5.56 Å². The molecular weight excluding hydrogens is 391 g/mol. The van der Waals surface area contributed by atoms with Gasteiger partial charge in [-0.2, -0.15) is 0 Å². The molecule has 26 heavy (non-hydrogen) atoms. The summed E-state index contributed by atoms with van der Waals surface area (Å²) >= 11 is 13.5. The highest BCUT2D eigenvalue weighted by Gasteiger charge is 2.11. The van der Waals surface area contributed by atoms with Crippen molar-refractivity contribution < 1.29 is 4.79 Å². The van der Waals surface area contributed by atoms with Crippen LogP contribution in [0.4, 0.5) is 5.69 Å². The van der Waals surface area contributed by atoms with Crippen LogP contribution in [0.15, 0.2) is 52.2 Å². The first-order valence-corrected chi connectivity index (χ1v) is 9.57. The van der Waals surface area contributed by atoms with Crippen molar-refractivity contribution in [2.75, 3.05) is 11.1 Å². The molecule has 0 saturated heterocycles. The Morgan fingerprint density at radius 3 is 2.65 bits per heavy atom. The minimum atomic E-state index is -0.191. The van der Waals surface area contributed by atoms with Crippen molar-refractivity contribution in [2.45, 2.75) is 11.8 Å². The van der Waals surface area contributed by atoms with Crippen LogP contribution in [0.2, 0.25) is 10.0 Å². The number of halogens is 2. The molecular formula is C19H16Cl2N2O2S. The monoisotopic (exact) mass is 406 g/mol. The predicted molar refractivity (Wildman–Crippen MR) is 110 cm³/mol. The Hall–Kier alpha value is -1.95. The first kappa shape index (κ1) is 18.8. The molecule has 0 bridgehead atoms. The summed E-state index contributed by atoms with van der Waals surface area (Å²) in [5.41, 5.74) is 2.18. The zero-order chi connectivity index (χ0) is 18.8. The van der Waals surface area contributed by atoms with Crippen LogP contribution in [0.25, 0.3) is 10.9 Å². The van der Waals surface area contributed by atoms with Gasteiger partial charge in [-0.25, -0.2) is 0 Å². The molecule has 4 nitrogen and oxygen atoms in total. The summed E-state index contributed by atoms with van der Waals surface area (Å²) in [6.45, 7) is 1.93. The summed E-state index contributed by atoms with van der Waals surface area (Å²) in [5.74, 6) is -0.0294. The fourth-order valence-corrected chi connectivity index (χ4v) is 3.89. The van der Waals surface area contributed by atoms with Gasteiger partial charge in [-0.15, -0.1) is 11.8 Å². The molecule has 0 radical (unpaired) electrons. The molecule has 1 amide bonds. The van der Waals surface area contributed by atoms with Crippen molar-refractivity contribution >= 4 is 57.5 Å². The van der Waals surface area contributed by atoms with Crippen LogP contribution in [0.3, 0.4) is 0 Å². The van der Waals surface area contributed by atoms with Crippen molar-refractivity contribution in [1.82, 2.24) is 4.57 Å². The number of hydrogen-bond acceptors (Lipinski definition) is 3. The summed E-state index contributed by atoms with van der Waals surface area (Å²) in [7, 11) is 1.70. The van der Waals surface area contributed by atoms with E-state index >= 15 is 0 Å². The van der Waals surface area contributed by atoms with Gasteiger partial charge in [0.15, 0.2) is 0 Å². The SMILES string of the molecule is Cc1ccc(NC(=O)CSc2cc(=O)n(C)c3cc(Cl)ccc23)c(Cl)c1. The lowest BCUT2D eigenvalue weighted by atomic mass is 10.2. The maximum Gasteiger partial charge on any atom is 0.251 e. The largest absolute Gasteiger partial charge is 0.324 e. The van der Waals surface area contributed by atoms with E-state index in [0.29, 0.717) is 15.7 Å². The number of carbonyl (C=O) groups excluding carboxylic acids is 1. The van der Waals surface area contributed by atoms with Gasteiger partial charge in [0.1, 0.15) is 0 Å². The van der Waals surface area contributed by atoms with E-state index in [1.807, 2.05) is 19.1 Å². The van der Waals surface area contributed by atoms with Crippen LogP contribution in [0.5, 0.6) is 0 Å². The Labute approximate surface area is 165 Å².